The molecule has 0 aromatic rings. The number of rotatable bonds is 4. The number of sulfone groups is 1. The van der Waals surface area contributed by atoms with Crippen molar-refractivity contribution in [3.8, 4) is 6.07 Å². The Morgan fingerprint density at radius 1 is 1.17 bits per heavy atom. The largest absolute Gasteiger partial charge is 0.390 e. The lowest BCUT2D eigenvalue weighted by Crippen LogP contribution is -2.25. The monoisotopic (exact) mass is 283 g/mol. The summed E-state index contributed by atoms with van der Waals surface area (Å²) in [6.07, 6.45) is -3.17. The van der Waals surface area contributed by atoms with Crippen molar-refractivity contribution < 1.29 is 21.6 Å². The first kappa shape index (κ1) is 15.3. The Hall–Kier alpha value is -0.770. The topological polar surface area (TPSA) is 57.9 Å². The van der Waals surface area contributed by atoms with Gasteiger partial charge in [-0.3, -0.25) is 0 Å². The van der Waals surface area contributed by atoms with Gasteiger partial charge in [0.05, 0.1) is 24.0 Å². The molecule has 0 radical (unpaired) electrons. The third-order valence-corrected chi connectivity index (χ3v) is 5.02. The summed E-state index contributed by atoms with van der Waals surface area (Å²) in [6.45, 7) is 0. The Morgan fingerprint density at radius 3 is 2.17 bits per heavy atom. The van der Waals surface area contributed by atoms with Gasteiger partial charge < -0.3 is 0 Å². The van der Waals surface area contributed by atoms with E-state index in [2.05, 4.69) is 6.07 Å². The molecular formula is C11H16F3NO2S. The van der Waals surface area contributed by atoms with Crippen LogP contribution in [0.1, 0.15) is 32.1 Å². The second kappa shape index (κ2) is 5.91. The minimum Gasteiger partial charge on any atom is -0.229 e. The summed E-state index contributed by atoms with van der Waals surface area (Å²) in [6, 6.07) is 2.13. The molecule has 7 heteroatoms. The average Bonchev–Trinajstić information content (AvgIpc) is 2.26. The molecule has 0 amide bonds. The Bertz CT molecular complexity index is 403. The fraction of sp³-hybridized carbons (Fsp3) is 0.909. The lowest BCUT2D eigenvalue weighted by molar-refractivity contribution is -0.129. The third-order valence-electron chi connectivity index (χ3n) is 3.22. The highest BCUT2D eigenvalue weighted by Crippen LogP contribution is 2.30. The van der Waals surface area contributed by atoms with Crippen LogP contribution < -0.4 is 0 Å². The summed E-state index contributed by atoms with van der Waals surface area (Å²) in [4.78, 5) is 0. The van der Waals surface area contributed by atoms with E-state index in [9.17, 15) is 21.6 Å². The maximum absolute atomic E-state index is 12.0. The molecule has 1 aliphatic rings. The van der Waals surface area contributed by atoms with Gasteiger partial charge in [-0.15, -0.1) is 0 Å². The Kier molecular flexibility index (Phi) is 5.02. The van der Waals surface area contributed by atoms with Crippen molar-refractivity contribution in [2.24, 2.45) is 11.8 Å². The fourth-order valence-electron chi connectivity index (χ4n) is 2.17. The second-order valence-electron chi connectivity index (χ2n) is 4.83. The molecule has 3 nitrogen and oxygen atoms in total. The summed E-state index contributed by atoms with van der Waals surface area (Å²) in [7, 11) is -3.64. The molecule has 1 rings (SSSR count). The highest BCUT2D eigenvalue weighted by molar-refractivity contribution is 7.91. The third kappa shape index (κ3) is 5.71. The predicted octanol–water partition coefficient (Wildman–Crippen LogP) is 2.68. The molecule has 0 aliphatic heterocycles. The quantitative estimate of drug-likeness (QED) is 0.797. The van der Waals surface area contributed by atoms with Gasteiger partial charge in [0.2, 0.25) is 0 Å². The molecule has 0 aromatic heterocycles. The lowest BCUT2D eigenvalue weighted by atomic mass is 9.84. The SMILES string of the molecule is N#CC1CCC(CS(=O)(=O)CCC(F)(F)F)CC1. The first-order chi connectivity index (χ1) is 8.22. The summed E-state index contributed by atoms with van der Waals surface area (Å²) >= 11 is 0. The number of hydrogen-bond donors (Lipinski definition) is 0. The standard InChI is InChI=1S/C11H16F3NO2S/c12-11(13,14)5-6-18(16,17)8-10-3-1-9(7-15)2-4-10/h9-10H,1-6,8H2. The number of nitrogens with zero attached hydrogens (tertiary/aromatic N) is 1. The van der Waals surface area contributed by atoms with Crippen molar-refractivity contribution >= 4 is 9.84 Å². The van der Waals surface area contributed by atoms with E-state index in [4.69, 9.17) is 5.26 Å². The molecule has 0 aromatic carbocycles. The Labute approximate surface area is 105 Å². The number of alkyl halides is 3. The summed E-state index contributed by atoms with van der Waals surface area (Å²) in [5.74, 6) is -1.12. The average molecular weight is 283 g/mol. The highest BCUT2D eigenvalue weighted by atomic mass is 32.2. The molecule has 1 saturated carbocycles. The van der Waals surface area contributed by atoms with E-state index in [1.54, 1.807) is 0 Å². The Morgan fingerprint density at radius 2 is 1.72 bits per heavy atom. The lowest BCUT2D eigenvalue weighted by Gasteiger charge is -2.24. The summed E-state index contributed by atoms with van der Waals surface area (Å²) in [5.41, 5.74) is 0. The zero-order chi connectivity index (χ0) is 13.8. The molecule has 0 N–H and O–H groups in total. The molecule has 0 bridgehead atoms. The molecule has 1 fully saturated rings. The number of hydrogen-bond acceptors (Lipinski definition) is 3. The van der Waals surface area contributed by atoms with Gasteiger partial charge in [-0.2, -0.15) is 18.4 Å². The number of nitriles is 1. The molecule has 0 unspecified atom stereocenters. The maximum Gasteiger partial charge on any atom is 0.390 e. The van der Waals surface area contributed by atoms with E-state index in [1.807, 2.05) is 0 Å². The zero-order valence-electron chi connectivity index (χ0n) is 9.91. The molecule has 0 spiro atoms. The van der Waals surface area contributed by atoms with Crippen molar-refractivity contribution in [3.05, 3.63) is 0 Å². The maximum atomic E-state index is 12.0. The molecule has 0 atom stereocenters. The van der Waals surface area contributed by atoms with Crippen molar-refractivity contribution in [3.63, 3.8) is 0 Å². The van der Waals surface area contributed by atoms with Crippen molar-refractivity contribution in [1.82, 2.24) is 0 Å². The van der Waals surface area contributed by atoms with Crippen molar-refractivity contribution in [1.29, 1.82) is 5.26 Å². The minimum atomic E-state index is -4.43. The van der Waals surface area contributed by atoms with Gasteiger partial charge in [0.1, 0.15) is 0 Å². The van der Waals surface area contributed by atoms with Crippen LogP contribution in [0.5, 0.6) is 0 Å². The zero-order valence-corrected chi connectivity index (χ0v) is 10.7. The van der Waals surface area contributed by atoms with E-state index < -0.39 is 28.2 Å². The van der Waals surface area contributed by atoms with Gasteiger partial charge in [-0.1, -0.05) is 0 Å². The minimum absolute atomic E-state index is 0.0286. The van der Waals surface area contributed by atoms with Gasteiger partial charge in [0.25, 0.3) is 0 Å². The van der Waals surface area contributed by atoms with E-state index in [1.165, 1.54) is 0 Å². The van der Waals surface area contributed by atoms with Gasteiger partial charge in [0.15, 0.2) is 9.84 Å². The molecule has 1 aliphatic carbocycles. The van der Waals surface area contributed by atoms with E-state index >= 15 is 0 Å². The summed E-state index contributed by atoms with van der Waals surface area (Å²) < 4.78 is 58.9. The van der Waals surface area contributed by atoms with Gasteiger partial charge in [0, 0.05) is 5.92 Å². The van der Waals surface area contributed by atoms with Crippen LogP contribution in [0.15, 0.2) is 0 Å². The first-order valence-corrected chi connectivity index (χ1v) is 7.71. The van der Waals surface area contributed by atoms with E-state index in [-0.39, 0.29) is 17.6 Å². The van der Waals surface area contributed by atoms with Crippen LogP contribution in [0.4, 0.5) is 13.2 Å². The highest BCUT2D eigenvalue weighted by Gasteiger charge is 2.31. The molecule has 18 heavy (non-hydrogen) atoms. The summed E-state index contributed by atoms with van der Waals surface area (Å²) in [5, 5.41) is 8.69. The molecule has 0 saturated heterocycles. The van der Waals surface area contributed by atoms with Crippen LogP contribution in [0, 0.1) is 23.2 Å². The van der Waals surface area contributed by atoms with Gasteiger partial charge in [-0.25, -0.2) is 8.42 Å². The van der Waals surface area contributed by atoms with Crippen LogP contribution in [-0.2, 0) is 9.84 Å². The van der Waals surface area contributed by atoms with E-state index in [0.29, 0.717) is 25.7 Å². The normalized spacial score (nSPS) is 25.7. The second-order valence-corrected chi connectivity index (χ2v) is 7.06. The van der Waals surface area contributed by atoms with Crippen molar-refractivity contribution in [2.45, 2.75) is 38.3 Å². The van der Waals surface area contributed by atoms with Crippen LogP contribution in [0.25, 0.3) is 0 Å². The molecule has 0 heterocycles. The van der Waals surface area contributed by atoms with E-state index in [0.717, 1.165) is 0 Å². The van der Waals surface area contributed by atoms with Crippen LogP contribution in [-0.4, -0.2) is 26.1 Å². The predicted molar refractivity (Wildman–Crippen MR) is 60.4 cm³/mol. The van der Waals surface area contributed by atoms with Gasteiger partial charge >= 0.3 is 6.18 Å². The van der Waals surface area contributed by atoms with Crippen LogP contribution in [0.3, 0.4) is 0 Å². The fourth-order valence-corrected chi connectivity index (χ4v) is 3.93. The molecular weight excluding hydrogens is 267 g/mol. The molecule has 104 valence electrons. The first-order valence-electron chi connectivity index (χ1n) is 5.88. The van der Waals surface area contributed by atoms with Gasteiger partial charge in [-0.05, 0) is 31.6 Å². The Balaban J connectivity index is 2.40. The van der Waals surface area contributed by atoms with Crippen molar-refractivity contribution in [2.75, 3.05) is 11.5 Å². The number of halogens is 3. The van der Waals surface area contributed by atoms with Crippen LogP contribution >= 0.6 is 0 Å². The van der Waals surface area contributed by atoms with Crippen LogP contribution in [0.2, 0.25) is 0 Å². The smallest absolute Gasteiger partial charge is 0.229 e.